The van der Waals surface area contributed by atoms with E-state index in [1.54, 1.807) is 22.9 Å². The zero-order chi connectivity index (χ0) is 18.3. The summed E-state index contributed by atoms with van der Waals surface area (Å²) in [7, 11) is 0. The number of nitrogens with one attached hydrogen (secondary N) is 1. The number of fused-ring (bicyclic) bond motifs is 1. The van der Waals surface area contributed by atoms with Crippen LogP contribution in [0.1, 0.15) is 45.5 Å². The summed E-state index contributed by atoms with van der Waals surface area (Å²) in [6.07, 6.45) is 2.48. The highest BCUT2D eigenvalue weighted by Crippen LogP contribution is 2.28. The van der Waals surface area contributed by atoms with Gasteiger partial charge in [0.25, 0.3) is 5.91 Å². The second kappa shape index (κ2) is 6.40. The van der Waals surface area contributed by atoms with Crippen LogP contribution in [-0.2, 0) is 19.4 Å². The monoisotopic (exact) mass is 354 g/mol. The topological polar surface area (TPSA) is 73.0 Å². The minimum absolute atomic E-state index is 0.189. The molecule has 1 aliphatic rings. The maximum Gasteiger partial charge on any atom is 0.272 e. The summed E-state index contributed by atoms with van der Waals surface area (Å²) in [5.41, 5.74) is 3.32. The Kier molecular flexibility index (Phi) is 4.06. The molecule has 6 nitrogen and oxygen atoms in total. The molecule has 1 N–H and O–H groups in total. The lowest BCUT2D eigenvalue weighted by molar-refractivity contribution is 0.0940. The largest absolute Gasteiger partial charge is 0.444 e. The lowest BCUT2D eigenvalue weighted by atomic mass is 10.2. The van der Waals surface area contributed by atoms with Gasteiger partial charge >= 0.3 is 0 Å². The Bertz CT molecular complexity index is 970. The first-order valence-corrected chi connectivity index (χ1v) is 8.61. The Labute approximate surface area is 150 Å². The molecule has 2 aromatic heterocycles. The van der Waals surface area contributed by atoms with Crippen molar-refractivity contribution in [1.29, 1.82) is 0 Å². The number of hydrogen-bond donors (Lipinski definition) is 1. The highest BCUT2D eigenvalue weighted by atomic mass is 19.1. The average molecular weight is 354 g/mol. The summed E-state index contributed by atoms with van der Waals surface area (Å²) in [5, 5.41) is 7.21. The third-order valence-electron chi connectivity index (χ3n) is 4.70. The molecule has 1 aliphatic carbocycles. The predicted molar refractivity (Wildman–Crippen MR) is 92.7 cm³/mol. The SMILES string of the molecule is Cc1nc(CNC(=O)c2nn(-c3ccccc3F)c3c2CCC3)oc1C. The molecule has 0 fully saturated rings. The molecule has 1 aromatic carbocycles. The molecule has 4 rings (SSSR count). The van der Waals surface area contributed by atoms with Crippen molar-refractivity contribution in [3.63, 3.8) is 0 Å². The van der Waals surface area contributed by atoms with E-state index in [1.807, 2.05) is 13.8 Å². The van der Waals surface area contributed by atoms with E-state index < -0.39 is 0 Å². The molecular formula is C19H19FN4O2. The first-order chi connectivity index (χ1) is 12.5. The number of carbonyl (C=O) groups is 1. The van der Waals surface area contributed by atoms with Crippen molar-refractivity contribution in [1.82, 2.24) is 20.1 Å². The van der Waals surface area contributed by atoms with E-state index in [0.29, 0.717) is 17.3 Å². The fraction of sp³-hybridized carbons (Fsp3) is 0.316. The summed E-state index contributed by atoms with van der Waals surface area (Å²) < 4.78 is 21.2. The third kappa shape index (κ3) is 2.79. The molecule has 0 atom stereocenters. The number of para-hydroxylation sites is 1. The molecule has 0 bridgehead atoms. The number of halogens is 1. The molecule has 0 saturated heterocycles. The highest BCUT2D eigenvalue weighted by molar-refractivity contribution is 5.94. The van der Waals surface area contributed by atoms with Gasteiger partial charge in [0.2, 0.25) is 5.89 Å². The Balaban J connectivity index is 1.62. The van der Waals surface area contributed by atoms with Crippen LogP contribution >= 0.6 is 0 Å². The minimum Gasteiger partial charge on any atom is -0.444 e. The van der Waals surface area contributed by atoms with Gasteiger partial charge in [-0.05, 0) is 45.2 Å². The van der Waals surface area contributed by atoms with Crippen LogP contribution in [0, 0.1) is 19.7 Å². The van der Waals surface area contributed by atoms with Gasteiger partial charge in [-0.15, -0.1) is 0 Å². The van der Waals surface area contributed by atoms with Crippen molar-refractivity contribution in [3.05, 3.63) is 64.4 Å². The smallest absolute Gasteiger partial charge is 0.272 e. The number of nitrogens with zero attached hydrogens (tertiary/aromatic N) is 3. The van der Waals surface area contributed by atoms with Crippen LogP contribution in [0.2, 0.25) is 0 Å². The lowest BCUT2D eigenvalue weighted by Gasteiger charge is -2.06. The van der Waals surface area contributed by atoms with Crippen molar-refractivity contribution in [2.45, 2.75) is 39.7 Å². The van der Waals surface area contributed by atoms with E-state index in [2.05, 4.69) is 15.4 Å². The number of hydrogen-bond acceptors (Lipinski definition) is 4. The second-order valence-electron chi connectivity index (χ2n) is 6.42. The number of aromatic nitrogens is 3. The van der Waals surface area contributed by atoms with Crippen LogP contribution in [0.5, 0.6) is 0 Å². The fourth-order valence-corrected chi connectivity index (χ4v) is 3.30. The Hall–Kier alpha value is -2.96. The van der Waals surface area contributed by atoms with E-state index >= 15 is 0 Å². The van der Waals surface area contributed by atoms with Crippen LogP contribution < -0.4 is 5.32 Å². The summed E-state index contributed by atoms with van der Waals surface area (Å²) in [5.74, 6) is 0.534. The van der Waals surface area contributed by atoms with Crippen molar-refractivity contribution < 1.29 is 13.6 Å². The summed E-state index contributed by atoms with van der Waals surface area (Å²) in [6.45, 7) is 3.87. The molecule has 0 unspecified atom stereocenters. The number of oxazole rings is 1. The number of rotatable bonds is 4. The number of amides is 1. The van der Waals surface area contributed by atoms with Gasteiger partial charge < -0.3 is 9.73 Å². The number of benzene rings is 1. The van der Waals surface area contributed by atoms with E-state index in [1.165, 1.54) is 6.07 Å². The van der Waals surface area contributed by atoms with E-state index in [4.69, 9.17) is 4.42 Å². The van der Waals surface area contributed by atoms with Gasteiger partial charge in [-0.3, -0.25) is 4.79 Å². The Morgan fingerprint density at radius 2 is 2.12 bits per heavy atom. The molecule has 3 aromatic rings. The molecule has 2 heterocycles. The van der Waals surface area contributed by atoms with Gasteiger partial charge in [0, 0.05) is 11.3 Å². The maximum atomic E-state index is 14.2. The first kappa shape index (κ1) is 16.5. The zero-order valence-electron chi connectivity index (χ0n) is 14.7. The van der Waals surface area contributed by atoms with Gasteiger partial charge in [0.1, 0.15) is 17.3 Å². The van der Waals surface area contributed by atoms with E-state index in [0.717, 1.165) is 42.0 Å². The van der Waals surface area contributed by atoms with Gasteiger partial charge in [0.15, 0.2) is 5.69 Å². The third-order valence-corrected chi connectivity index (χ3v) is 4.70. The van der Waals surface area contributed by atoms with Gasteiger partial charge in [-0.1, -0.05) is 12.1 Å². The van der Waals surface area contributed by atoms with Gasteiger partial charge in [-0.2, -0.15) is 5.10 Å². The van der Waals surface area contributed by atoms with E-state index in [-0.39, 0.29) is 18.3 Å². The van der Waals surface area contributed by atoms with Crippen molar-refractivity contribution in [2.75, 3.05) is 0 Å². The zero-order valence-corrected chi connectivity index (χ0v) is 14.7. The molecule has 0 spiro atoms. The second-order valence-corrected chi connectivity index (χ2v) is 6.42. The molecule has 26 heavy (non-hydrogen) atoms. The van der Waals surface area contributed by atoms with Crippen LogP contribution in [0.3, 0.4) is 0 Å². The van der Waals surface area contributed by atoms with Crippen LogP contribution in [-0.4, -0.2) is 20.7 Å². The summed E-state index contributed by atoms with van der Waals surface area (Å²) in [6, 6.07) is 6.46. The molecule has 7 heteroatoms. The van der Waals surface area contributed by atoms with Crippen molar-refractivity contribution in [2.24, 2.45) is 0 Å². The predicted octanol–water partition coefficient (Wildman–Crippen LogP) is 3.03. The average Bonchev–Trinajstić information content (AvgIpc) is 3.30. The highest BCUT2D eigenvalue weighted by Gasteiger charge is 2.27. The molecule has 1 amide bonds. The quantitative estimate of drug-likeness (QED) is 0.782. The number of aryl methyl sites for hydroxylation is 2. The Morgan fingerprint density at radius 1 is 1.31 bits per heavy atom. The molecule has 134 valence electrons. The molecule has 0 saturated carbocycles. The summed E-state index contributed by atoms with van der Waals surface area (Å²) >= 11 is 0. The van der Waals surface area contributed by atoms with Gasteiger partial charge in [0.05, 0.1) is 12.2 Å². The number of carbonyl (C=O) groups excluding carboxylic acids is 1. The van der Waals surface area contributed by atoms with Crippen LogP contribution in [0.15, 0.2) is 28.7 Å². The van der Waals surface area contributed by atoms with Gasteiger partial charge in [-0.25, -0.2) is 14.1 Å². The molecule has 0 radical (unpaired) electrons. The Morgan fingerprint density at radius 3 is 2.85 bits per heavy atom. The first-order valence-electron chi connectivity index (χ1n) is 8.61. The van der Waals surface area contributed by atoms with Crippen LogP contribution in [0.4, 0.5) is 4.39 Å². The standard InChI is InChI=1S/C19H19FN4O2/c1-11-12(2)26-17(22-11)10-21-19(25)18-13-6-5-9-15(13)24(23-18)16-8-4-3-7-14(16)20/h3-4,7-8H,5-6,9-10H2,1-2H3,(H,21,25). The minimum atomic E-state index is -0.359. The normalized spacial score (nSPS) is 13.0. The fourth-order valence-electron chi connectivity index (χ4n) is 3.30. The lowest BCUT2D eigenvalue weighted by Crippen LogP contribution is -2.24. The van der Waals surface area contributed by atoms with Crippen molar-refractivity contribution in [3.8, 4) is 5.69 Å². The molecular weight excluding hydrogens is 335 g/mol. The maximum absolute atomic E-state index is 14.2. The van der Waals surface area contributed by atoms with Crippen molar-refractivity contribution >= 4 is 5.91 Å². The van der Waals surface area contributed by atoms with E-state index in [9.17, 15) is 9.18 Å². The molecule has 0 aliphatic heterocycles. The van der Waals surface area contributed by atoms with Crippen LogP contribution in [0.25, 0.3) is 5.69 Å². The summed E-state index contributed by atoms with van der Waals surface area (Å²) in [4.78, 5) is 16.9.